The average molecular weight is 372 g/mol. The fraction of sp³-hybridized carbons (Fsp3) is 0.600. The highest BCUT2D eigenvalue weighted by atomic mass is 32.1. The number of rotatable bonds is 5. The number of carbonyl (C=O) groups is 1. The molecule has 0 saturated heterocycles. The van der Waals surface area contributed by atoms with Crippen molar-refractivity contribution in [2.45, 2.75) is 76.2 Å². The van der Waals surface area contributed by atoms with Crippen LogP contribution >= 0.6 is 11.3 Å². The van der Waals surface area contributed by atoms with E-state index in [0.717, 1.165) is 54.6 Å². The summed E-state index contributed by atoms with van der Waals surface area (Å²) in [6.45, 7) is 3.35. The fourth-order valence-corrected chi connectivity index (χ4v) is 5.60. The molecule has 1 fully saturated rings. The maximum atomic E-state index is 11.6. The molecule has 0 radical (unpaired) electrons. The average Bonchev–Trinajstić information content (AvgIpc) is 3.07. The molecule has 0 aromatic carbocycles. The number of amides is 1. The van der Waals surface area contributed by atoms with Gasteiger partial charge in [0.15, 0.2) is 0 Å². The number of hydrogen-bond acceptors (Lipinski definition) is 5. The van der Waals surface area contributed by atoms with E-state index < -0.39 is 0 Å². The Morgan fingerprint density at radius 1 is 1.23 bits per heavy atom. The summed E-state index contributed by atoms with van der Waals surface area (Å²) in [7, 11) is 0. The molecule has 0 bridgehead atoms. The Morgan fingerprint density at radius 2 is 2.08 bits per heavy atom. The van der Waals surface area contributed by atoms with Gasteiger partial charge >= 0.3 is 0 Å². The van der Waals surface area contributed by atoms with Crippen molar-refractivity contribution in [3.05, 3.63) is 16.8 Å². The van der Waals surface area contributed by atoms with Gasteiger partial charge in [0.2, 0.25) is 11.8 Å². The van der Waals surface area contributed by atoms with E-state index in [1.54, 1.807) is 17.7 Å². The first-order valence-electron chi connectivity index (χ1n) is 9.68. The van der Waals surface area contributed by atoms with Crippen molar-refractivity contribution in [2.24, 2.45) is 4.99 Å². The lowest BCUT2D eigenvalue weighted by Gasteiger charge is -2.25. The molecule has 2 aromatic rings. The second kappa shape index (κ2) is 7.82. The van der Waals surface area contributed by atoms with Crippen LogP contribution in [0.4, 0.5) is 0 Å². The predicted octanol–water partition coefficient (Wildman–Crippen LogP) is 4.83. The Labute approximate surface area is 157 Å². The van der Waals surface area contributed by atoms with Gasteiger partial charge in [-0.15, -0.1) is 11.3 Å². The molecule has 0 N–H and O–H groups in total. The van der Waals surface area contributed by atoms with Crippen LogP contribution in [0.15, 0.2) is 11.3 Å². The molecule has 2 heterocycles. The number of aliphatic imine (C=N–C) groups is 1. The minimum absolute atomic E-state index is 0.119. The number of thiophene rings is 1. The van der Waals surface area contributed by atoms with Crippen molar-refractivity contribution in [2.75, 3.05) is 0 Å². The molecule has 5 nitrogen and oxygen atoms in total. The smallest absolute Gasteiger partial charge is 0.245 e. The van der Waals surface area contributed by atoms with Gasteiger partial charge in [-0.3, -0.25) is 4.79 Å². The normalized spacial score (nSPS) is 20.7. The Bertz CT molecular complexity index is 811. The summed E-state index contributed by atoms with van der Waals surface area (Å²) in [5.74, 6) is 0.990. The maximum Gasteiger partial charge on any atom is 0.245 e. The Hall–Kier alpha value is -1.82. The lowest BCUT2D eigenvalue weighted by molar-refractivity contribution is -0.117. The number of ether oxygens (including phenoxy) is 1. The quantitative estimate of drug-likeness (QED) is 0.706. The molecule has 1 unspecified atom stereocenters. The van der Waals surface area contributed by atoms with Gasteiger partial charge in [0.25, 0.3) is 0 Å². The number of aromatic nitrogens is 2. The van der Waals surface area contributed by atoms with Crippen LogP contribution in [0.25, 0.3) is 10.2 Å². The highest BCUT2D eigenvalue weighted by molar-refractivity contribution is 7.18. The number of nitrogens with zero attached hydrogens (tertiary/aromatic N) is 3. The monoisotopic (exact) mass is 371 g/mol. The molecule has 4 rings (SSSR count). The zero-order chi connectivity index (χ0) is 17.9. The fourth-order valence-electron chi connectivity index (χ4n) is 4.34. The lowest BCUT2D eigenvalue weighted by Crippen LogP contribution is -2.20. The van der Waals surface area contributed by atoms with Gasteiger partial charge in [-0.05, 0) is 69.6 Å². The predicted molar refractivity (Wildman–Crippen MR) is 104 cm³/mol. The standard InChI is InChI=1S/C20H25N3O2S/c1-21-16(24)11-10-13-6-5-9-15-17(13)18-19(22-12-23-20(18)26-15)25-14-7-3-2-4-8-14/h12-14H,1-11H2. The van der Waals surface area contributed by atoms with Crippen LogP contribution in [0.1, 0.15) is 74.1 Å². The Kier molecular flexibility index (Phi) is 5.29. The number of fused-ring (bicyclic) bond motifs is 3. The minimum atomic E-state index is -0.119. The molecule has 0 spiro atoms. The first-order chi connectivity index (χ1) is 12.8. The second-order valence-corrected chi connectivity index (χ2v) is 8.44. The molecule has 0 aliphatic heterocycles. The van der Waals surface area contributed by atoms with Crippen molar-refractivity contribution in [3.8, 4) is 5.88 Å². The summed E-state index contributed by atoms with van der Waals surface area (Å²) in [4.78, 5) is 26.6. The van der Waals surface area contributed by atoms with Crippen LogP contribution in [0.5, 0.6) is 5.88 Å². The first-order valence-corrected chi connectivity index (χ1v) is 10.5. The van der Waals surface area contributed by atoms with Gasteiger partial charge in [-0.2, -0.15) is 0 Å². The van der Waals surface area contributed by atoms with Crippen molar-refractivity contribution in [1.82, 2.24) is 9.97 Å². The van der Waals surface area contributed by atoms with Gasteiger partial charge in [0.1, 0.15) is 17.3 Å². The van der Waals surface area contributed by atoms with Crippen molar-refractivity contribution < 1.29 is 9.53 Å². The van der Waals surface area contributed by atoms with Crippen molar-refractivity contribution in [1.29, 1.82) is 0 Å². The van der Waals surface area contributed by atoms with E-state index in [1.165, 1.54) is 29.7 Å². The highest BCUT2D eigenvalue weighted by Gasteiger charge is 2.29. The molecular weight excluding hydrogens is 346 g/mol. The molecule has 1 amide bonds. The first kappa shape index (κ1) is 17.6. The largest absolute Gasteiger partial charge is 0.474 e. The third-order valence-corrected chi connectivity index (χ3v) is 6.82. The van der Waals surface area contributed by atoms with Crippen LogP contribution in [0, 0.1) is 0 Å². The summed E-state index contributed by atoms with van der Waals surface area (Å²) in [5, 5.41) is 1.10. The molecule has 2 aromatic heterocycles. The van der Waals surface area contributed by atoms with Crippen molar-refractivity contribution in [3.63, 3.8) is 0 Å². The van der Waals surface area contributed by atoms with Crippen LogP contribution < -0.4 is 4.74 Å². The van der Waals surface area contributed by atoms with Crippen LogP contribution in [0.3, 0.4) is 0 Å². The topological polar surface area (TPSA) is 64.4 Å². The highest BCUT2D eigenvalue weighted by Crippen LogP contribution is 2.46. The Morgan fingerprint density at radius 3 is 2.88 bits per heavy atom. The van der Waals surface area contributed by atoms with E-state index in [4.69, 9.17) is 4.74 Å². The Balaban J connectivity index is 1.67. The number of carbonyl (C=O) groups excluding carboxylic acids is 1. The molecule has 6 heteroatoms. The molecule has 1 saturated carbocycles. The zero-order valence-electron chi connectivity index (χ0n) is 15.1. The minimum Gasteiger partial charge on any atom is -0.474 e. The number of hydrogen-bond donors (Lipinski definition) is 0. The van der Waals surface area contributed by atoms with Gasteiger partial charge < -0.3 is 4.74 Å². The van der Waals surface area contributed by atoms with Crippen LogP contribution in [0.2, 0.25) is 0 Å². The van der Waals surface area contributed by atoms with Crippen molar-refractivity contribution >= 4 is 34.2 Å². The molecule has 26 heavy (non-hydrogen) atoms. The van der Waals surface area contributed by atoms with E-state index in [1.807, 2.05) is 0 Å². The van der Waals surface area contributed by atoms with Gasteiger partial charge in [0, 0.05) is 11.3 Å². The molecule has 2 aliphatic carbocycles. The lowest BCUT2D eigenvalue weighted by atomic mass is 9.83. The van der Waals surface area contributed by atoms with Crippen LogP contribution in [-0.2, 0) is 11.2 Å². The molecule has 1 atom stereocenters. The van der Waals surface area contributed by atoms with Gasteiger partial charge in [0.05, 0.1) is 5.39 Å². The third-order valence-electron chi connectivity index (χ3n) is 5.65. The molecule has 2 aliphatic rings. The van der Waals surface area contributed by atoms with E-state index in [9.17, 15) is 4.79 Å². The maximum absolute atomic E-state index is 11.6. The zero-order valence-corrected chi connectivity index (χ0v) is 15.9. The summed E-state index contributed by atoms with van der Waals surface area (Å²) >= 11 is 1.77. The van der Waals surface area contributed by atoms with E-state index >= 15 is 0 Å². The van der Waals surface area contributed by atoms with Gasteiger partial charge in [-0.1, -0.05) is 6.42 Å². The molecular formula is C20H25N3O2S. The van der Waals surface area contributed by atoms with E-state index in [-0.39, 0.29) is 12.0 Å². The second-order valence-electron chi connectivity index (χ2n) is 7.36. The SMILES string of the molecule is C=NC(=O)CCC1CCCc2sc3ncnc(OC4CCCCC4)c3c21. The summed E-state index contributed by atoms with van der Waals surface area (Å²) < 4.78 is 6.35. The van der Waals surface area contributed by atoms with Crippen LogP contribution in [-0.4, -0.2) is 28.7 Å². The summed E-state index contributed by atoms with van der Waals surface area (Å²) in [6, 6.07) is 0. The summed E-state index contributed by atoms with van der Waals surface area (Å²) in [6.07, 6.45) is 12.5. The van der Waals surface area contributed by atoms with E-state index in [2.05, 4.69) is 21.7 Å². The van der Waals surface area contributed by atoms with E-state index in [0.29, 0.717) is 12.3 Å². The van der Waals surface area contributed by atoms with Gasteiger partial charge in [-0.25, -0.2) is 15.0 Å². The number of aryl methyl sites for hydroxylation is 1. The molecule has 138 valence electrons. The third kappa shape index (κ3) is 3.52. The summed E-state index contributed by atoms with van der Waals surface area (Å²) in [5.41, 5.74) is 1.33.